The Balaban J connectivity index is 1.33. The highest BCUT2D eigenvalue weighted by atomic mass is 79.9. The van der Waals surface area contributed by atoms with Gasteiger partial charge in [0.05, 0.1) is 18.3 Å². The molecule has 2 unspecified atom stereocenters. The number of ether oxygens (including phenoxy) is 2. The largest absolute Gasteiger partial charge is 0.459 e. The van der Waals surface area contributed by atoms with Crippen LogP contribution in [0, 0.1) is 0 Å². The van der Waals surface area contributed by atoms with Crippen LogP contribution in [-0.2, 0) is 30.0 Å². The summed E-state index contributed by atoms with van der Waals surface area (Å²) in [4.78, 5) is 41.8. The van der Waals surface area contributed by atoms with E-state index in [-0.39, 0.29) is 24.3 Å². The summed E-state index contributed by atoms with van der Waals surface area (Å²) in [6, 6.07) is 17.6. The first-order valence-corrected chi connectivity index (χ1v) is 16.6. The van der Waals surface area contributed by atoms with Crippen molar-refractivity contribution in [2.75, 3.05) is 6.61 Å². The minimum absolute atomic E-state index is 0.00443. The number of nitrogens with zero attached hydrogens (tertiary/aromatic N) is 1. The molecule has 1 saturated carbocycles. The molecule has 2 aliphatic rings. The van der Waals surface area contributed by atoms with Gasteiger partial charge in [0.25, 0.3) is 5.56 Å². The highest BCUT2D eigenvalue weighted by Crippen LogP contribution is 2.50. The van der Waals surface area contributed by atoms with Crippen molar-refractivity contribution >= 4 is 35.7 Å². The lowest BCUT2D eigenvalue weighted by molar-refractivity contribution is -0.152. The van der Waals surface area contributed by atoms with E-state index < -0.39 is 55.5 Å². The molecule has 0 radical (unpaired) electrons. The predicted octanol–water partition coefficient (Wildman–Crippen LogP) is 4.40. The Kier molecular flexibility index (Phi) is 10.3. The monoisotopic (exact) mass is 689 g/mol. The fraction of sp³-hybridized carbons (Fsp3) is 0.367. The van der Waals surface area contributed by atoms with Crippen molar-refractivity contribution in [3.63, 3.8) is 0 Å². The van der Waals surface area contributed by atoms with E-state index in [1.807, 2.05) is 30.3 Å². The van der Waals surface area contributed by atoms with Crippen LogP contribution in [0.5, 0.6) is 5.75 Å². The summed E-state index contributed by atoms with van der Waals surface area (Å²) in [5.74, 6) is -0.325. The molecule has 5 rings (SSSR count). The zero-order valence-electron chi connectivity index (χ0n) is 23.7. The van der Waals surface area contributed by atoms with E-state index in [2.05, 4.69) is 26.0 Å². The van der Waals surface area contributed by atoms with Gasteiger partial charge in [-0.15, -0.1) is 0 Å². The lowest BCUT2D eigenvalue weighted by atomic mass is 10.00. The quantitative estimate of drug-likeness (QED) is 0.184. The number of nitrogens with one attached hydrogen (secondary N) is 2. The van der Waals surface area contributed by atoms with Crippen molar-refractivity contribution in [2.24, 2.45) is 0 Å². The molecule has 1 aromatic heterocycles. The Bertz CT molecular complexity index is 1620. The van der Waals surface area contributed by atoms with Crippen molar-refractivity contribution in [3.05, 3.63) is 104 Å². The maximum absolute atomic E-state index is 14.3. The average Bonchev–Trinajstić information content (AvgIpc) is 3.64. The van der Waals surface area contributed by atoms with E-state index in [1.165, 1.54) is 21.8 Å². The smallest absolute Gasteiger partial charge is 0.459 e. The van der Waals surface area contributed by atoms with Crippen LogP contribution < -0.4 is 20.9 Å². The molecule has 234 valence electrons. The van der Waals surface area contributed by atoms with Gasteiger partial charge in [-0.2, -0.15) is 5.09 Å². The lowest BCUT2D eigenvalue weighted by Gasteiger charge is -2.32. The summed E-state index contributed by atoms with van der Waals surface area (Å²) < 4.78 is 38.8. The molecule has 1 saturated heterocycles. The van der Waals surface area contributed by atoms with Crippen LogP contribution in [0.3, 0.4) is 0 Å². The van der Waals surface area contributed by atoms with Crippen molar-refractivity contribution in [2.45, 2.75) is 62.7 Å². The molecular weight excluding hydrogens is 657 g/mol. The summed E-state index contributed by atoms with van der Waals surface area (Å²) in [5, 5.41) is 13.7. The fourth-order valence-corrected chi connectivity index (χ4v) is 7.30. The number of carbonyl (C=O) groups is 1. The molecule has 3 aromatic rings. The maximum atomic E-state index is 14.3. The molecule has 14 heteroatoms. The van der Waals surface area contributed by atoms with E-state index in [4.69, 9.17) is 18.5 Å². The van der Waals surface area contributed by atoms with Crippen LogP contribution in [0.4, 0.5) is 0 Å². The van der Waals surface area contributed by atoms with Crippen LogP contribution in [0.2, 0.25) is 0 Å². The molecule has 1 aliphatic heterocycles. The van der Waals surface area contributed by atoms with Crippen LogP contribution >= 0.6 is 23.7 Å². The van der Waals surface area contributed by atoms with Crippen molar-refractivity contribution < 1.29 is 33.0 Å². The van der Waals surface area contributed by atoms with Crippen LogP contribution in [-0.4, -0.2) is 45.0 Å². The Morgan fingerprint density at radius 1 is 1.14 bits per heavy atom. The molecule has 2 heterocycles. The van der Waals surface area contributed by atoms with E-state index in [0.29, 0.717) is 25.7 Å². The number of halogens is 1. The van der Waals surface area contributed by atoms with Gasteiger partial charge in [0.2, 0.25) is 0 Å². The van der Waals surface area contributed by atoms with Crippen molar-refractivity contribution in [3.8, 4) is 5.75 Å². The van der Waals surface area contributed by atoms with E-state index in [0.717, 1.165) is 5.56 Å². The van der Waals surface area contributed by atoms with Crippen molar-refractivity contribution in [1.82, 2.24) is 14.6 Å². The lowest BCUT2D eigenvalue weighted by Crippen LogP contribution is -2.50. The molecule has 44 heavy (non-hydrogen) atoms. The Hall–Kier alpha value is -3.32. The topological polar surface area (TPSA) is 158 Å². The number of para-hydroxylation sites is 1. The molecular formula is C30H33BrN3O9P. The van der Waals surface area contributed by atoms with Crippen molar-refractivity contribution in [1.29, 1.82) is 0 Å². The molecule has 12 nitrogen and oxygen atoms in total. The number of carbonyl (C=O) groups excluding carboxylic acids is 1. The molecule has 3 N–H and O–H groups in total. The zero-order chi connectivity index (χ0) is 31.2. The second kappa shape index (κ2) is 14.2. The SMILES string of the molecule is O=C(OCc1ccccc1)C1(NP(=O)(OC[C@H]2O[C@@H](n3cc(C=CBr)c(=O)[nH]c3=O)CC2O)Oc2ccccc2)CCCC1. The first-order valence-electron chi connectivity index (χ1n) is 14.2. The third kappa shape index (κ3) is 7.66. The summed E-state index contributed by atoms with van der Waals surface area (Å²) in [6.07, 6.45) is 1.88. The minimum Gasteiger partial charge on any atom is -0.459 e. The fourth-order valence-electron chi connectivity index (χ4n) is 5.27. The number of esters is 1. The van der Waals surface area contributed by atoms with Gasteiger partial charge >= 0.3 is 19.4 Å². The standard InChI is InChI=1S/C30H33BrN3O9P/c31-16-13-22-18-34(29(38)32-27(22)36)26-17-24(35)25(42-26)20-41-44(39,43-23-11-5-2-6-12-23)33-30(14-7-8-15-30)28(37)40-19-21-9-3-1-4-10-21/h1-6,9-13,16,18,24-26,35H,7-8,14-15,17,19-20H2,(H,33,39)(H,32,36,38)/t24?,25-,26-,44?/m1/s1. The Labute approximate surface area is 261 Å². The molecule has 4 atom stereocenters. The highest BCUT2D eigenvalue weighted by Gasteiger charge is 2.50. The number of hydrogen-bond donors (Lipinski definition) is 3. The third-order valence-corrected chi connectivity index (χ3v) is 9.45. The van der Waals surface area contributed by atoms with Crippen LogP contribution in [0.15, 0.2) is 81.4 Å². The Morgan fingerprint density at radius 3 is 2.50 bits per heavy atom. The minimum atomic E-state index is -4.28. The molecule has 0 spiro atoms. The van der Waals surface area contributed by atoms with Gasteiger partial charge in [-0.1, -0.05) is 77.3 Å². The van der Waals surface area contributed by atoms with Gasteiger partial charge in [0.15, 0.2) is 0 Å². The summed E-state index contributed by atoms with van der Waals surface area (Å²) in [7, 11) is -4.28. The summed E-state index contributed by atoms with van der Waals surface area (Å²) in [6.45, 7) is -0.343. The van der Waals surface area contributed by atoms with Gasteiger partial charge in [-0.25, -0.2) is 9.36 Å². The molecule has 0 bridgehead atoms. The predicted molar refractivity (Wildman–Crippen MR) is 165 cm³/mol. The summed E-state index contributed by atoms with van der Waals surface area (Å²) in [5.41, 5.74) is -1.59. The van der Waals surface area contributed by atoms with Gasteiger partial charge in [0, 0.05) is 12.6 Å². The van der Waals surface area contributed by atoms with Crippen LogP contribution in [0.25, 0.3) is 6.08 Å². The summed E-state index contributed by atoms with van der Waals surface area (Å²) >= 11 is 3.11. The average molecular weight is 690 g/mol. The number of aromatic amines is 1. The van der Waals surface area contributed by atoms with E-state index in [9.17, 15) is 24.1 Å². The number of rotatable bonds is 12. The molecule has 2 aromatic carbocycles. The number of benzene rings is 2. The first kappa shape index (κ1) is 32.1. The number of aliphatic hydroxyl groups is 1. The molecule has 2 fully saturated rings. The number of aromatic nitrogens is 2. The first-order chi connectivity index (χ1) is 21.2. The van der Waals surface area contributed by atoms with Gasteiger partial charge in [-0.05, 0) is 41.6 Å². The second-order valence-electron chi connectivity index (χ2n) is 10.6. The van der Waals surface area contributed by atoms with Crippen LogP contribution in [0.1, 0.15) is 49.5 Å². The maximum Gasteiger partial charge on any atom is 0.459 e. The molecule has 1 aliphatic carbocycles. The van der Waals surface area contributed by atoms with E-state index >= 15 is 0 Å². The number of H-pyrrole nitrogens is 1. The third-order valence-electron chi connectivity index (χ3n) is 7.54. The molecule has 0 amide bonds. The number of hydrogen-bond acceptors (Lipinski definition) is 9. The highest BCUT2D eigenvalue weighted by molar-refractivity contribution is 9.11. The second-order valence-corrected chi connectivity index (χ2v) is 12.8. The van der Waals surface area contributed by atoms with Gasteiger partial charge < -0.3 is 19.1 Å². The van der Waals surface area contributed by atoms with Gasteiger partial charge in [0.1, 0.15) is 30.2 Å². The Morgan fingerprint density at radius 2 is 1.82 bits per heavy atom. The zero-order valence-corrected chi connectivity index (χ0v) is 26.2. The van der Waals surface area contributed by atoms with Gasteiger partial charge in [-0.3, -0.25) is 23.7 Å². The number of aliphatic hydroxyl groups excluding tert-OH is 1. The van der Waals surface area contributed by atoms with E-state index in [1.54, 1.807) is 30.3 Å². The normalized spacial score (nSPS) is 22.5.